The van der Waals surface area contributed by atoms with E-state index in [1.54, 1.807) is 6.07 Å². The third kappa shape index (κ3) is 4.84. The first-order valence-corrected chi connectivity index (χ1v) is 7.16. The van der Waals surface area contributed by atoms with E-state index in [-0.39, 0.29) is 11.8 Å². The number of piperazine rings is 1. The van der Waals surface area contributed by atoms with Crippen molar-refractivity contribution in [1.82, 2.24) is 10.2 Å². The number of anilines is 2. The lowest BCUT2D eigenvalue weighted by atomic mass is 10.1. The van der Waals surface area contributed by atoms with E-state index in [9.17, 15) is 9.59 Å². The molecule has 0 spiro atoms. The van der Waals surface area contributed by atoms with E-state index in [1.165, 1.54) is 6.92 Å². The van der Waals surface area contributed by atoms with Crippen LogP contribution in [0.1, 0.15) is 12.5 Å². The third-order valence-electron chi connectivity index (χ3n) is 3.41. The summed E-state index contributed by atoms with van der Waals surface area (Å²) in [7, 11) is 0. The van der Waals surface area contributed by atoms with Crippen LogP contribution in [0.2, 0.25) is 0 Å². The molecule has 0 saturated carbocycles. The van der Waals surface area contributed by atoms with Crippen molar-refractivity contribution in [3.05, 3.63) is 23.8 Å². The van der Waals surface area contributed by atoms with Gasteiger partial charge in [-0.05, 0) is 24.6 Å². The lowest BCUT2D eigenvalue weighted by Gasteiger charge is -2.26. The Morgan fingerprint density at radius 3 is 2.62 bits per heavy atom. The van der Waals surface area contributed by atoms with Crippen molar-refractivity contribution in [1.29, 1.82) is 0 Å². The fraction of sp³-hybridized carbons (Fsp3) is 0.467. The standard InChI is InChI=1S/C15H22N4O2/c1-11-3-4-13(9-14(11)17-12(2)20)18-15(21)10-19-7-5-16-6-8-19/h3-4,9,16H,5-8,10H2,1-2H3,(H,17,20)(H,18,21). The SMILES string of the molecule is CC(=O)Nc1cc(NC(=O)CN2CCNCC2)ccc1C. The highest BCUT2D eigenvalue weighted by atomic mass is 16.2. The number of hydrogen-bond acceptors (Lipinski definition) is 4. The van der Waals surface area contributed by atoms with Gasteiger partial charge < -0.3 is 16.0 Å². The molecule has 0 unspecified atom stereocenters. The van der Waals surface area contributed by atoms with Crippen LogP contribution in [0.25, 0.3) is 0 Å². The van der Waals surface area contributed by atoms with Crippen LogP contribution in [0.5, 0.6) is 0 Å². The minimum absolute atomic E-state index is 0.0328. The minimum atomic E-state index is -0.123. The zero-order valence-electron chi connectivity index (χ0n) is 12.5. The molecule has 1 saturated heterocycles. The summed E-state index contributed by atoms with van der Waals surface area (Å²) < 4.78 is 0. The molecule has 2 amide bonds. The maximum absolute atomic E-state index is 12.0. The van der Waals surface area contributed by atoms with Gasteiger partial charge in [-0.15, -0.1) is 0 Å². The van der Waals surface area contributed by atoms with Crippen LogP contribution >= 0.6 is 0 Å². The number of benzene rings is 1. The number of nitrogens with one attached hydrogen (secondary N) is 3. The highest BCUT2D eigenvalue weighted by molar-refractivity contribution is 5.94. The Labute approximate surface area is 124 Å². The molecular formula is C15H22N4O2. The van der Waals surface area contributed by atoms with Gasteiger partial charge in [-0.2, -0.15) is 0 Å². The van der Waals surface area contributed by atoms with Gasteiger partial charge in [-0.25, -0.2) is 0 Å². The van der Waals surface area contributed by atoms with Gasteiger partial charge in [0, 0.05) is 44.5 Å². The van der Waals surface area contributed by atoms with Crippen molar-refractivity contribution >= 4 is 23.2 Å². The summed E-state index contributed by atoms with van der Waals surface area (Å²) in [4.78, 5) is 25.3. The predicted octanol–water partition coefficient (Wildman–Crippen LogP) is 0.797. The van der Waals surface area contributed by atoms with Gasteiger partial charge in [-0.1, -0.05) is 6.07 Å². The summed E-state index contributed by atoms with van der Waals surface area (Å²) in [5, 5.41) is 8.89. The molecule has 1 aromatic rings. The molecule has 1 aliphatic heterocycles. The molecule has 0 aliphatic carbocycles. The molecule has 1 aromatic carbocycles. The molecule has 1 aliphatic rings. The molecule has 0 bridgehead atoms. The Hall–Kier alpha value is -1.92. The van der Waals surface area contributed by atoms with E-state index in [2.05, 4.69) is 20.9 Å². The van der Waals surface area contributed by atoms with Gasteiger partial charge in [-0.3, -0.25) is 14.5 Å². The average molecular weight is 290 g/mol. The summed E-state index contributed by atoms with van der Waals surface area (Å²) in [6.45, 7) is 7.39. The van der Waals surface area contributed by atoms with E-state index in [4.69, 9.17) is 0 Å². The summed E-state index contributed by atoms with van der Waals surface area (Å²) in [5.41, 5.74) is 2.39. The quantitative estimate of drug-likeness (QED) is 0.767. The fourth-order valence-corrected chi connectivity index (χ4v) is 2.30. The molecule has 2 rings (SSSR count). The van der Waals surface area contributed by atoms with Crippen molar-refractivity contribution < 1.29 is 9.59 Å². The number of rotatable bonds is 4. The summed E-state index contributed by atoms with van der Waals surface area (Å²) in [6, 6.07) is 5.51. The second kappa shape index (κ2) is 7.19. The van der Waals surface area contributed by atoms with Crippen molar-refractivity contribution in [2.24, 2.45) is 0 Å². The normalized spacial score (nSPS) is 15.5. The predicted molar refractivity (Wildman–Crippen MR) is 83.4 cm³/mol. The van der Waals surface area contributed by atoms with Gasteiger partial charge in [0.2, 0.25) is 11.8 Å². The first-order chi connectivity index (χ1) is 10.0. The minimum Gasteiger partial charge on any atom is -0.326 e. The van der Waals surface area contributed by atoms with Crippen LogP contribution in [0.4, 0.5) is 11.4 Å². The van der Waals surface area contributed by atoms with E-state index >= 15 is 0 Å². The van der Waals surface area contributed by atoms with Gasteiger partial charge in [0.15, 0.2) is 0 Å². The Bertz CT molecular complexity index is 524. The second-order valence-electron chi connectivity index (χ2n) is 5.29. The molecule has 21 heavy (non-hydrogen) atoms. The molecule has 1 fully saturated rings. The molecule has 6 heteroatoms. The van der Waals surface area contributed by atoms with E-state index < -0.39 is 0 Å². The molecule has 0 radical (unpaired) electrons. The molecule has 6 nitrogen and oxygen atoms in total. The first-order valence-electron chi connectivity index (χ1n) is 7.16. The molecule has 0 aromatic heterocycles. The molecule has 3 N–H and O–H groups in total. The van der Waals surface area contributed by atoms with Crippen molar-refractivity contribution in [3.8, 4) is 0 Å². The first kappa shape index (κ1) is 15.5. The molecule has 0 atom stereocenters. The zero-order valence-corrected chi connectivity index (χ0v) is 12.5. The summed E-state index contributed by atoms with van der Waals surface area (Å²) in [6.07, 6.45) is 0. The van der Waals surface area contributed by atoms with Crippen LogP contribution in [-0.4, -0.2) is 49.4 Å². The Balaban J connectivity index is 1.95. The number of aryl methyl sites for hydroxylation is 1. The fourth-order valence-electron chi connectivity index (χ4n) is 2.30. The number of hydrogen-bond donors (Lipinski definition) is 3. The van der Waals surface area contributed by atoms with Crippen LogP contribution < -0.4 is 16.0 Å². The molecule has 1 heterocycles. The van der Waals surface area contributed by atoms with E-state index in [0.29, 0.717) is 12.2 Å². The van der Waals surface area contributed by atoms with Crippen LogP contribution in [-0.2, 0) is 9.59 Å². The van der Waals surface area contributed by atoms with Gasteiger partial charge in [0.25, 0.3) is 0 Å². The van der Waals surface area contributed by atoms with Gasteiger partial charge in [0.1, 0.15) is 0 Å². The lowest BCUT2D eigenvalue weighted by Crippen LogP contribution is -2.46. The van der Waals surface area contributed by atoms with Crippen LogP contribution in [0.3, 0.4) is 0 Å². The second-order valence-corrected chi connectivity index (χ2v) is 5.29. The monoisotopic (exact) mass is 290 g/mol. The number of amides is 2. The maximum atomic E-state index is 12.0. The smallest absolute Gasteiger partial charge is 0.238 e. The molecule has 114 valence electrons. The van der Waals surface area contributed by atoms with Crippen molar-refractivity contribution in [3.63, 3.8) is 0 Å². The molecular weight excluding hydrogens is 268 g/mol. The highest BCUT2D eigenvalue weighted by Crippen LogP contribution is 2.20. The lowest BCUT2D eigenvalue weighted by molar-refractivity contribution is -0.117. The zero-order chi connectivity index (χ0) is 15.2. The Morgan fingerprint density at radius 2 is 1.95 bits per heavy atom. The highest BCUT2D eigenvalue weighted by Gasteiger charge is 2.13. The number of carbonyl (C=O) groups excluding carboxylic acids is 2. The largest absolute Gasteiger partial charge is 0.326 e. The van der Waals surface area contributed by atoms with Crippen LogP contribution in [0.15, 0.2) is 18.2 Å². The van der Waals surface area contributed by atoms with Gasteiger partial charge >= 0.3 is 0 Å². The number of nitrogens with zero attached hydrogens (tertiary/aromatic N) is 1. The topological polar surface area (TPSA) is 73.5 Å². The van der Waals surface area contributed by atoms with Crippen molar-refractivity contribution in [2.45, 2.75) is 13.8 Å². The maximum Gasteiger partial charge on any atom is 0.238 e. The van der Waals surface area contributed by atoms with E-state index in [0.717, 1.165) is 37.4 Å². The summed E-state index contributed by atoms with van der Waals surface area (Å²) >= 11 is 0. The average Bonchev–Trinajstić information content (AvgIpc) is 2.43. The van der Waals surface area contributed by atoms with Gasteiger partial charge in [0.05, 0.1) is 6.54 Å². The summed E-state index contributed by atoms with van der Waals surface area (Å²) in [5.74, 6) is -0.156. The Kier molecular flexibility index (Phi) is 5.30. The van der Waals surface area contributed by atoms with Crippen molar-refractivity contribution in [2.75, 3.05) is 43.4 Å². The third-order valence-corrected chi connectivity index (χ3v) is 3.41. The van der Waals surface area contributed by atoms with E-state index in [1.807, 2.05) is 19.1 Å². The van der Waals surface area contributed by atoms with Crippen LogP contribution in [0, 0.1) is 6.92 Å². The Morgan fingerprint density at radius 1 is 1.24 bits per heavy atom. The number of carbonyl (C=O) groups is 2.